The van der Waals surface area contributed by atoms with Crippen LogP contribution in [0.3, 0.4) is 0 Å². The monoisotopic (exact) mass is 380 g/mol. The van der Waals surface area contributed by atoms with E-state index in [0.717, 1.165) is 12.1 Å². The Morgan fingerprint density at radius 1 is 1.15 bits per heavy atom. The second kappa shape index (κ2) is 6.57. The Labute approximate surface area is 151 Å². The summed E-state index contributed by atoms with van der Waals surface area (Å²) in [6.07, 6.45) is -3.29. The Kier molecular flexibility index (Phi) is 4.58. The van der Waals surface area contributed by atoms with E-state index in [1.54, 1.807) is 18.2 Å². The molecule has 2 aromatic rings. The molecule has 1 aliphatic rings. The van der Waals surface area contributed by atoms with Crippen molar-refractivity contribution in [3.05, 3.63) is 64.2 Å². The molecule has 3 rings (SSSR count). The number of aliphatic imine (C=N–C) groups is 1. The maximum atomic E-state index is 13.0. The van der Waals surface area contributed by atoms with Crippen molar-refractivity contribution in [2.45, 2.75) is 12.1 Å². The van der Waals surface area contributed by atoms with Gasteiger partial charge in [-0.15, -0.1) is 0 Å². The van der Waals surface area contributed by atoms with Crippen LogP contribution in [0.1, 0.15) is 27.4 Å². The first-order chi connectivity index (χ1) is 12.3. The largest absolute Gasteiger partial charge is 0.416 e. The van der Waals surface area contributed by atoms with Gasteiger partial charge < -0.3 is 0 Å². The molecular formula is C18H12ClF3N2O2. The van der Waals surface area contributed by atoms with Crippen molar-refractivity contribution in [3.8, 4) is 0 Å². The third-order valence-corrected chi connectivity index (χ3v) is 4.35. The zero-order chi connectivity index (χ0) is 19.1. The number of halogens is 4. The van der Waals surface area contributed by atoms with Crippen LogP contribution in [0.2, 0.25) is 5.02 Å². The van der Waals surface area contributed by atoms with Crippen LogP contribution in [0.25, 0.3) is 0 Å². The van der Waals surface area contributed by atoms with Gasteiger partial charge in [-0.05, 0) is 29.8 Å². The van der Waals surface area contributed by atoms with Crippen molar-refractivity contribution in [2.24, 2.45) is 4.99 Å². The number of hydrogen-bond acceptors (Lipinski definition) is 3. The fourth-order valence-electron chi connectivity index (χ4n) is 2.84. The van der Waals surface area contributed by atoms with Gasteiger partial charge in [0.25, 0.3) is 5.91 Å². The minimum atomic E-state index is -4.64. The van der Waals surface area contributed by atoms with Crippen molar-refractivity contribution in [3.63, 3.8) is 0 Å². The van der Waals surface area contributed by atoms with Crippen molar-refractivity contribution in [2.75, 3.05) is 11.9 Å². The topological polar surface area (TPSA) is 49.7 Å². The molecule has 0 fully saturated rings. The third kappa shape index (κ3) is 2.99. The van der Waals surface area contributed by atoms with Crippen molar-refractivity contribution < 1.29 is 22.8 Å². The quantitative estimate of drug-likeness (QED) is 0.575. The maximum Gasteiger partial charge on any atom is 0.416 e. The van der Waals surface area contributed by atoms with E-state index in [1.807, 2.05) is 0 Å². The van der Waals surface area contributed by atoms with Gasteiger partial charge in [0.1, 0.15) is 0 Å². The van der Waals surface area contributed by atoms with Gasteiger partial charge in [0.15, 0.2) is 0 Å². The number of anilines is 1. The molecule has 0 aromatic heterocycles. The predicted octanol–water partition coefficient (Wildman–Crippen LogP) is 4.33. The number of benzene rings is 2. The Balaban J connectivity index is 2.20. The van der Waals surface area contributed by atoms with E-state index in [-0.39, 0.29) is 16.3 Å². The molecule has 1 heterocycles. The van der Waals surface area contributed by atoms with Crippen molar-refractivity contribution in [1.29, 1.82) is 0 Å². The second-order valence-electron chi connectivity index (χ2n) is 5.61. The van der Waals surface area contributed by atoms with Crippen LogP contribution >= 0.6 is 11.6 Å². The standard InChI is InChI=1S/C18H12ClF3N2O2/c1-23-9-13-11-4-2-3-5-12(11)16(25)24(17(13)26)15-8-10(18(20,21)22)6-7-14(15)19/h2-9,13H,1H3. The fourth-order valence-corrected chi connectivity index (χ4v) is 3.04. The number of nitrogens with zero attached hydrogens (tertiary/aromatic N) is 2. The maximum absolute atomic E-state index is 13.0. The summed E-state index contributed by atoms with van der Waals surface area (Å²) in [7, 11) is 1.47. The Morgan fingerprint density at radius 2 is 1.85 bits per heavy atom. The first-order valence-corrected chi connectivity index (χ1v) is 7.89. The lowest BCUT2D eigenvalue weighted by molar-refractivity contribution is -0.137. The highest BCUT2D eigenvalue weighted by molar-refractivity contribution is 6.37. The summed E-state index contributed by atoms with van der Waals surface area (Å²) in [5, 5.41) is -0.133. The average Bonchev–Trinajstić information content (AvgIpc) is 2.59. The highest BCUT2D eigenvalue weighted by Gasteiger charge is 2.40. The van der Waals surface area contributed by atoms with Crippen LogP contribution in [0.5, 0.6) is 0 Å². The minimum absolute atomic E-state index is 0.133. The van der Waals surface area contributed by atoms with E-state index >= 15 is 0 Å². The van der Waals surface area contributed by atoms with E-state index in [4.69, 9.17) is 11.6 Å². The van der Waals surface area contributed by atoms with E-state index in [9.17, 15) is 22.8 Å². The van der Waals surface area contributed by atoms with Crippen molar-refractivity contribution in [1.82, 2.24) is 0 Å². The molecular weight excluding hydrogens is 369 g/mol. The highest BCUT2D eigenvalue weighted by atomic mass is 35.5. The molecule has 2 aromatic carbocycles. The van der Waals surface area contributed by atoms with E-state index in [0.29, 0.717) is 16.5 Å². The predicted molar refractivity (Wildman–Crippen MR) is 91.9 cm³/mol. The summed E-state index contributed by atoms with van der Waals surface area (Å²) in [5.74, 6) is -2.33. The zero-order valence-corrected chi connectivity index (χ0v) is 14.2. The highest BCUT2D eigenvalue weighted by Crippen LogP contribution is 2.39. The van der Waals surface area contributed by atoms with Crippen molar-refractivity contribution >= 4 is 35.3 Å². The molecule has 8 heteroatoms. The van der Waals surface area contributed by atoms with Gasteiger partial charge in [-0.3, -0.25) is 14.6 Å². The molecule has 2 amide bonds. The van der Waals surface area contributed by atoms with Gasteiger partial charge in [0.2, 0.25) is 5.91 Å². The van der Waals surface area contributed by atoms with Gasteiger partial charge >= 0.3 is 6.18 Å². The SMILES string of the molecule is CN=CC1C(=O)N(c2cc(C(F)(F)F)ccc2Cl)C(=O)c2ccccc21. The van der Waals surface area contributed by atoms with Crippen LogP contribution in [-0.4, -0.2) is 25.1 Å². The molecule has 1 unspecified atom stereocenters. The van der Waals surface area contributed by atoms with Gasteiger partial charge in [0, 0.05) is 18.8 Å². The zero-order valence-electron chi connectivity index (χ0n) is 13.4. The molecule has 1 atom stereocenters. The van der Waals surface area contributed by atoms with Gasteiger partial charge in [0.05, 0.1) is 22.2 Å². The average molecular weight is 381 g/mol. The van der Waals surface area contributed by atoms with E-state index < -0.39 is 29.5 Å². The van der Waals surface area contributed by atoms with Crippen LogP contribution in [0.15, 0.2) is 47.5 Å². The van der Waals surface area contributed by atoms with E-state index in [1.165, 1.54) is 19.3 Å². The molecule has 0 spiro atoms. The van der Waals surface area contributed by atoms with Crippen LogP contribution in [-0.2, 0) is 11.0 Å². The third-order valence-electron chi connectivity index (χ3n) is 4.03. The van der Waals surface area contributed by atoms with Gasteiger partial charge in [-0.2, -0.15) is 13.2 Å². The minimum Gasteiger partial charge on any atom is -0.300 e. The van der Waals surface area contributed by atoms with Gasteiger partial charge in [-0.1, -0.05) is 29.8 Å². The lowest BCUT2D eigenvalue weighted by atomic mass is 9.88. The number of carbonyl (C=O) groups is 2. The Morgan fingerprint density at radius 3 is 2.50 bits per heavy atom. The molecule has 0 saturated carbocycles. The fraction of sp³-hybridized carbons (Fsp3) is 0.167. The number of imide groups is 1. The number of fused-ring (bicyclic) bond motifs is 1. The molecule has 0 saturated heterocycles. The number of carbonyl (C=O) groups excluding carboxylic acids is 2. The lowest BCUT2D eigenvalue weighted by Crippen LogP contribution is -2.45. The molecule has 0 N–H and O–H groups in total. The molecule has 134 valence electrons. The summed E-state index contributed by atoms with van der Waals surface area (Å²) in [4.78, 5) is 30.2. The summed E-state index contributed by atoms with van der Waals surface area (Å²) in [6, 6.07) is 8.92. The van der Waals surface area contributed by atoms with Gasteiger partial charge in [-0.25, -0.2) is 4.90 Å². The number of amides is 2. The number of rotatable bonds is 2. The molecule has 1 aliphatic heterocycles. The molecule has 0 bridgehead atoms. The molecule has 0 radical (unpaired) electrons. The van der Waals surface area contributed by atoms with Crippen LogP contribution in [0, 0.1) is 0 Å². The Hall–Kier alpha value is -2.67. The van der Waals surface area contributed by atoms with Crippen LogP contribution in [0.4, 0.5) is 18.9 Å². The normalized spacial score (nSPS) is 17.7. The second-order valence-corrected chi connectivity index (χ2v) is 6.02. The summed E-state index contributed by atoms with van der Waals surface area (Å²) >= 11 is 6.02. The smallest absolute Gasteiger partial charge is 0.300 e. The molecule has 0 aliphatic carbocycles. The van der Waals surface area contributed by atoms with E-state index in [2.05, 4.69) is 4.99 Å². The number of alkyl halides is 3. The first kappa shape index (κ1) is 18.1. The molecule has 26 heavy (non-hydrogen) atoms. The first-order valence-electron chi connectivity index (χ1n) is 7.52. The van der Waals surface area contributed by atoms with Crippen LogP contribution < -0.4 is 4.90 Å². The molecule has 4 nitrogen and oxygen atoms in total. The lowest BCUT2D eigenvalue weighted by Gasteiger charge is -2.31. The summed E-state index contributed by atoms with van der Waals surface area (Å²) in [6.45, 7) is 0. The Bertz CT molecular complexity index is 925. The summed E-state index contributed by atoms with van der Waals surface area (Å²) in [5.41, 5.74) is -0.643. The number of hydrogen-bond donors (Lipinski definition) is 0. The summed E-state index contributed by atoms with van der Waals surface area (Å²) < 4.78 is 39.1.